The number of para-hydroxylation sites is 1. The predicted octanol–water partition coefficient (Wildman–Crippen LogP) is 1.53. The fourth-order valence-electron chi connectivity index (χ4n) is 2.73. The average Bonchev–Trinajstić information content (AvgIpc) is 2.92. The van der Waals surface area contributed by atoms with E-state index in [-0.39, 0.29) is 21.4 Å². The number of rotatable bonds is 4. The number of anilines is 2. The summed E-state index contributed by atoms with van der Waals surface area (Å²) < 4.78 is 36.6. The molecule has 0 spiro atoms. The summed E-state index contributed by atoms with van der Waals surface area (Å²) in [6.07, 6.45) is 0. The normalized spacial score (nSPS) is 14.9. The largest absolute Gasteiger partial charge is 0.331 e. The zero-order valence-electron chi connectivity index (χ0n) is 14.6. The first-order valence-electron chi connectivity index (χ1n) is 8.10. The minimum Gasteiger partial charge on any atom is -0.331 e. The number of thiocarbonyl (C=S) groups is 1. The van der Waals surface area contributed by atoms with E-state index < -0.39 is 21.7 Å². The third kappa shape index (κ3) is 3.86. The molecule has 0 radical (unpaired) electrons. The molecule has 0 atom stereocenters. The maximum Gasteiger partial charge on any atom is 0.279 e. The molecule has 0 unspecified atom stereocenters. The first kappa shape index (κ1) is 19.9. The first-order valence-corrected chi connectivity index (χ1v) is 10.1. The van der Waals surface area contributed by atoms with Crippen molar-refractivity contribution in [3.63, 3.8) is 0 Å². The van der Waals surface area contributed by atoms with Crippen molar-refractivity contribution in [1.82, 2.24) is 5.43 Å². The summed E-state index contributed by atoms with van der Waals surface area (Å²) in [5, 5.41) is 11.9. The predicted molar refractivity (Wildman–Crippen MR) is 108 cm³/mol. The van der Waals surface area contributed by atoms with Gasteiger partial charge in [-0.3, -0.25) is 10.2 Å². The van der Waals surface area contributed by atoms with E-state index in [2.05, 4.69) is 15.8 Å². The Labute approximate surface area is 166 Å². The maximum atomic E-state index is 14.1. The van der Waals surface area contributed by atoms with Gasteiger partial charge < -0.3 is 10.2 Å². The van der Waals surface area contributed by atoms with Crippen LogP contribution in [0.1, 0.15) is 12.5 Å². The minimum atomic E-state index is -3.79. The molecule has 2 aromatic rings. The van der Waals surface area contributed by atoms with Gasteiger partial charge in [-0.1, -0.05) is 12.1 Å². The van der Waals surface area contributed by atoms with E-state index in [4.69, 9.17) is 17.4 Å². The molecule has 2 aromatic carbocycles. The van der Waals surface area contributed by atoms with Crippen molar-refractivity contribution in [3.05, 3.63) is 53.8 Å². The van der Waals surface area contributed by atoms with Gasteiger partial charge in [0.05, 0.1) is 10.6 Å². The highest BCUT2D eigenvalue weighted by molar-refractivity contribution is 7.89. The summed E-state index contributed by atoms with van der Waals surface area (Å²) in [6, 6.07) is 9.99. The number of nitrogens with zero attached hydrogens (tertiary/aromatic N) is 2. The highest BCUT2D eigenvalue weighted by Gasteiger charge is 2.35. The van der Waals surface area contributed by atoms with Crippen LogP contribution in [0.4, 0.5) is 15.8 Å². The molecule has 11 heteroatoms. The third-order valence-corrected chi connectivity index (χ3v) is 5.11. The molecule has 0 saturated heterocycles. The second-order valence-corrected chi connectivity index (χ2v) is 7.75. The number of primary sulfonamides is 1. The van der Waals surface area contributed by atoms with Crippen LogP contribution in [0.5, 0.6) is 0 Å². The van der Waals surface area contributed by atoms with Crippen molar-refractivity contribution in [2.24, 2.45) is 10.2 Å². The van der Waals surface area contributed by atoms with Gasteiger partial charge in [0.25, 0.3) is 5.91 Å². The zero-order valence-corrected chi connectivity index (χ0v) is 16.3. The van der Waals surface area contributed by atoms with E-state index in [1.54, 1.807) is 13.0 Å². The fourth-order valence-corrected chi connectivity index (χ4v) is 3.41. The Morgan fingerprint density at radius 2 is 1.93 bits per heavy atom. The smallest absolute Gasteiger partial charge is 0.279 e. The number of fused-ring (bicyclic) bond motifs is 1. The van der Waals surface area contributed by atoms with Gasteiger partial charge in [0.15, 0.2) is 10.8 Å². The van der Waals surface area contributed by atoms with Crippen LogP contribution in [0.15, 0.2) is 52.5 Å². The number of carbonyl (C=O) groups is 1. The number of hydrogen-bond donors (Lipinski definition) is 3. The van der Waals surface area contributed by atoms with Gasteiger partial charge in [-0.05, 0) is 49.5 Å². The van der Waals surface area contributed by atoms with Crippen molar-refractivity contribution in [2.45, 2.75) is 11.8 Å². The van der Waals surface area contributed by atoms with E-state index in [1.807, 2.05) is 0 Å². The molecule has 1 amide bonds. The molecular formula is C17H16FN5O3S2. The lowest BCUT2D eigenvalue weighted by Gasteiger charge is -2.13. The van der Waals surface area contributed by atoms with Crippen LogP contribution in [-0.4, -0.2) is 31.7 Å². The number of amides is 1. The Morgan fingerprint density at radius 3 is 2.54 bits per heavy atom. The Morgan fingerprint density at radius 1 is 1.25 bits per heavy atom. The van der Waals surface area contributed by atoms with Gasteiger partial charge in [0.1, 0.15) is 5.82 Å². The van der Waals surface area contributed by atoms with Crippen molar-refractivity contribution >= 4 is 50.3 Å². The van der Waals surface area contributed by atoms with E-state index in [1.165, 1.54) is 41.3 Å². The number of benzene rings is 2. The number of likely N-dealkylation sites (N-methyl/N-ethyl adjacent to an activating group) is 1. The number of nitrogens with two attached hydrogens (primary N) is 1. The van der Waals surface area contributed by atoms with E-state index in [0.29, 0.717) is 17.8 Å². The Bertz CT molecular complexity index is 1080. The molecule has 1 heterocycles. The summed E-state index contributed by atoms with van der Waals surface area (Å²) >= 11 is 5.13. The number of hydrazone groups is 1. The van der Waals surface area contributed by atoms with Gasteiger partial charge in [0.2, 0.25) is 10.0 Å². The number of hydrogen-bond acceptors (Lipinski definition) is 5. The summed E-state index contributed by atoms with van der Waals surface area (Å²) in [6.45, 7) is 2.03. The highest BCUT2D eigenvalue weighted by atomic mass is 32.2. The lowest BCUT2D eigenvalue weighted by atomic mass is 10.1. The fraction of sp³-hybridized carbons (Fsp3) is 0.118. The van der Waals surface area contributed by atoms with Gasteiger partial charge in [-0.2, -0.15) is 5.10 Å². The molecule has 1 aliphatic heterocycles. The van der Waals surface area contributed by atoms with Crippen molar-refractivity contribution in [2.75, 3.05) is 16.8 Å². The van der Waals surface area contributed by atoms with E-state index >= 15 is 0 Å². The molecule has 0 saturated carbocycles. The van der Waals surface area contributed by atoms with Crippen LogP contribution >= 0.6 is 12.2 Å². The molecule has 4 N–H and O–H groups in total. The van der Waals surface area contributed by atoms with Crippen LogP contribution in [0.25, 0.3) is 0 Å². The zero-order chi connectivity index (χ0) is 20.5. The molecule has 0 aromatic heterocycles. The lowest BCUT2D eigenvalue weighted by molar-refractivity contribution is -0.112. The van der Waals surface area contributed by atoms with Crippen LogP contribution in [0, 0.1) is 5.82 Å². The summed E-state index contributed by atoms with van der Waals surface area (Å²) in [4.78, 5) is 13.8. The SMILES string of the molecule is CCN1C(=O)C(=NNC(=S)Nc2ccc(S(N)(=O)=O)cc2)c2cccc(F)c21. The lowest BCUT2D eigenvalue weighted by Crippen LogP contribution is -2.32. The summed E-state index contributed by atoms with van der Waals surface area (Å²) in [5.74, 6) is -0.941. The van der Waals surface area contributed by atoms with Gasteiger partial charge in [-0.25, -0.2) is 17.9 Å². The number of halogens is 1. The third-order valence-electron chi connectivity index (χ3n) is 3.99. The van der Waals surface area contributed by atoms with Gasteiger partial charge in [0, 0.05) is 17.8 Å². The van der Waals surface area contributed by atoms with Gasteiger partial charge in [-0.15, -0.1) is 0 Å². The van der Waals surface area contributed by atoms with E-state index in [9.17, 15) is 17.6 Å². The standard InChI is InChI=1S/C17H16FN5O3S2/c1-2-23-15-12(4-3-5-13(15)18)14(16(23)24)21-22-17(27)20-10-6-8-11(9-7-10)28(19,25)26/h3-9H,2H2,1H3,(H2,19,25,26)(H2,20,22,27). The summed E-state index contributed by atoms with van der Waals surface area (Å²) in [5.41, 5.74) is 3.65. The minimum absolute atomic E-state index is 0.0352. The average molecular weight is 421 g/mol. The van der Waals surface area contributed by atoms with Crippen molar-refractivity contribution < 1.29 is 17.6 Å². The van der Waals surface area contributed by atoms with E-state index in [0.717, 1.165) is 0 Å². The Balaban J connectivity index is 1.76. The van der Waals surface area contributed by atoms with Crippen molar-refractivity contribution in [1.29, 1.82) is 0 Å². The highest BCUT2D eigenvalue weighted by Crippen LogP contribution is 2.31. The number of carbonyl (C=O) groups excluding carboxylic acids is 1. The molecular weight excluding hydrogens is 405 g/mol. The topological polar surface area (TPSA) is 117 Å². The number of sulfonamides is 1. The maximum absolute atomic E-state index is 14.1. The first-order chi connectivity index (χ1) is 13.2. The quantitative estimate of drug-likeness (QED) is 0.509. The monoisotopic (exact) mass is 421 g/mol. The van der Waals surface area contributed by atoms with Crippen LogP contribution in [0.3, 0.4) is 0 Å². The molecule has 0 fully saturated rings. The molecule has 146 valence electrons. The molecule has 28 heavy (non-hydrogen) atoms. The Kier molecular flexibility index (Phi) is 5.40. The van der Waals surface area contributed by atoms with Gasteiger partial charge >= 0.3 is 0 Å². The van der Waals surface area contributed by atoms with Crippen molar-refractivity contribution in [3.8, 4) is 0 Å². The molecule has 8 nitrogen and oxygen atoms in total. The second kappa shape index (κ2) is 7.62. The number of nitrogens with one attached hydrogen (secondary N) is 2. The molecule has 1 aliphatic rings. The van der Waals surface area contributed by atoms with Crippen LogP contribution < -0.4 is 20.8 Å². The molecule has 0 bridgehead atoms. The van der Waals surface area contributed by atoms with Crippen LogP contribution in [-0.2, 0) is 14.8 Å². The molecule has 3 rings (SSSR count). The Hall–Kier alpha value is -2.89. The second-order valence-electron chi connectivity index (χ2n) is 5.78. The summed E-state index contributed by atoms with van der Waals surface area (Å²) in [7, 11) is -3.79. The molecule has 0 aliphatic carbocycles. The van der Waals surface area contributed by atoms with Crippen LogP contribution in [0.2, 0.25) is 0 Å².